The highest BCUT2D eigenvalue weighted by Crippen LogP contribution is 2.68. The summed E-state index contributed by atoms with van der Waals surface area (Å²) in [7, 11) is 1.57. The highest BCUT2D eigenvalue weighted by Gasteiger charge is 2.69. The molecule has 246 valence electrons. The van der Waals surface area contributed by atoms with Gasteiger partial charge in [0.05, 0.1) is 24.0 Å². The molecule has 1 aromatic carbocycles. The number of methoxy groups -OCH3 is 1. The monoisotopic (exact) mass is 669 g/mol. The van der Waals surface area contributed by atoms with Crippen LogP contribution in [-0.4, -0.2) is 82.2 Å². The number of aromatic amines is 1. The number of thioether (sulfide) groups is 1. The molecule has 4 heterocycles. The van der Waals surface area contributed by atoms with Crippen LogP contribution in [0.25, 0.3) is 0 Å². The molecule has 4 fully saturated rings. The Morgan fingerprint density at radius 2 is 1.76 bits per heavy atom. The maximum Gasteiger partial charge on any atom is 0.305 e. The minimum atomic E-state index is -0.841. The van der Waals surface area contributed by atoms with Crippen LogP contribution in [0.3, 0.4) is 0 Å². The molecule has 2 saturated heterocycles. The number of ether oxygens (including phenoxy) is 2. The quantitative estimate of drug-likeness (QED) is 0.268. The highest BCUT2D eigenvalue weighted by atomic mass is 32.2. The molecule has 2 bridgehead atoms. The Bertz CT molecular complexity index is 1600. The van der Waals surface area contributed by atoms with Crippen molar-refractivity contribution in [3.63, 3.8) is 0 Å². The summed E-state index contributed by atoms with van der Waals surface area (Å²) in [5.74, 6) is -0.888. The predicted molar refractivity (Wildman–Crippen MR) is 170 cm³/mol. The molecule has 11 nitrogen and oxygen atoms in total. The van der Waals surface area contributed by atoms with Gasteiger partial charge in [-0.15, -0.1) is 11.8 Å². The lowest BCUT2D eigenvalue weighted by Crippen LogP contribution is -2.42. The van der Waals surface area contributed by atoms with Gasteiger partial charge in [-0.05, 0) is 74.0 Å². The number of carbonyl (C=O) groups is 4. The lowest BCUT2D eigenvalue weighted by Gasteiger charge is -2.43. The molecular formula is C33H39N3O8S2. The summed E-state index contributed by atoms with van der Waals surface area (Å²) in [6, 6.07) is 5.74. The van der Waals surface area contributed by atoms with Crippen LogP contribution in [0, 0.1) is 29.6 Å². The van der Waals surface area contributed by atoms with Gasteiger partial charge in [-0.1, -0.05) is 23.8 Å². The Morgan fingerprint density at radius 3 is 2.50 bits per heavy atom. The van der Waals surface area contributed by atoms with Gasteiger partial charge in [0, 0.05) is 42.1 Å². The number of hydrogen-bond acceptors (Lipinski definition) is 9. The summed E-state index contributed by atoms with van der Waals surface area (Å²) in [4.78, 5) is 70.8. The van der Waals surface area contributed by atoms with Crippen LogP contribution < -0.4 is 14.3 Å². The molecule has 0 radical (unpaired) electrons. The van der Waals surface area contributed by atoms with Gasteiger partial charge in [-0.2, -0.15) is 0 Å². The number of carbonyl (C=O) groups excluding carboxylic acids is 3. The van der Waals surface area contributed by atoms with Crippen molar-refractivity contribution in [2.45, 2.75) is 67.6 Å². The number of carboxylic acids is 1. The first-order chi connectivity index (χ1) is 22.3. The summed E-state index contributed by atoms with van der Waals surface area (Å²) in [6.07, 6.45) is 5.81. The van der Waals surface area contributed by atoms with Crippen LogP contribution in [0.1, 0.15) is 67.7 Å². The van der Waals surface area contributed by atoms with Crippen molar-refractivity contribution < 1.29 is 33.8 Å². The molecule has 2 aliphatic carbocycles. The Labute approximate surface area is 275 Å². The van der Waals surface area contributed by atoms with Crippen molar-refractivity contribution in [2.24, 2.45) is 29.6 Å². The molecule has 13 heteroatoms. The lowest BCUT2D eigenvalue weighted by atomic mass is 9.68. The lowest BCUT2D eigenvalue weighted by molar-refractivity contribution is -0.141. The van der Waals surface area contributed by atoms with Gasteiger partial charge >= 0.3 is 10.8 Å². The van der Waals surface area contributed by atoms with Gasteiger partial charge in [0.25, 0.3) is 5.91 Å². The van der Waals surface area contributed by atoms with Crippen molar-refractivity contribution in [3.8, 4) is 11.5 Å². The molecule has 3 amide bonds. The van der Waals surface area contributed by atoms with E-state index in [1.54, 1.807) is 18.9 Å². The molecule has 0 spiro atoms. The summed E-state index contributed by atoms with van der Waals surface area (Å²) in [5, 5.41) is 9.83. The number of amides is 3. The van der Waals surface area contributed by atoms with Crippen molar-refractivity contribution in [1.29, 1.82) is 0 Å². The van der Waals surface area contributed by atoms with E-state index in [9.17, 15) is 24.0 Å². The van der Waals surface area contributed by atoms with E-state index in [0.717, 1.165) is 54.2 Å². The second-order valence-corrected chi connectivity index (χ2v) is 15.3. The zero-order valence-electron chi connectivity index (χ0n) is 25.8. The van der Waals surface area contributed by atoms with Crippen LogP contribution in [0.5, 0.6) is 11.5 Å². The number of hydrogen-bond donors (Lipinski definition) is 2. The van der Waals surface area contributed by atoms with Crippen LogP contribution in [0.4, 0.5) is 0 Å². The number of likely N-dealkylation sites (tertiary alicyclic amines) is 2. The number of carboxylic acid groups (broad SMARTS) is 1. The van der Waals surface area contributed by atoms with E-state index < -0.39 is 5.97 Å². The van der Waals surface area contributed by atoms with Gasteiger partial charge in [0.1, 0.15) is 0 Å². The minimum Gasteiger partial charge on any atom is -0.493 e. The predicted octanol–water partition coefficient (Wildman–Crippen LogP) is 3.95. The number of benzene rings is 1. The largest absolute Gasteiger partial charge is 0.493 e. The first-order valence-corrected chi connectivity index (χ1v) is 18.0. The Morgan fingerprint density at radius 1 is 1.00 bits per heavy atom. The average Bonchev–Trinajstić information content (AvgIpc) is 3.79. The SMILES string of the molecule is COc1cc([C@H]2c3sc(=O)[nH]c3SC3C4CC(C5C(=O)N(CCCCCC(=O)O)C(=O)C45)C32)ccc1OCC(=O)N1CCCCC1. The normalized spacial score (nSPS) is 29.5. The Hall–Kier alpha value is -3.32. The van der Waals surface area contributed by atoms with Gasteiger partial charge in [0.2, 0.25) is 11.8 Å². The molecule has 7 rings (SSSR count). The standard InChI is InChI=1S/C33H39N3O8S2/c1-43-21-14-17(9-10-20(21)44-16-22(37)35-11-5-3-6-12-35)24-25-18-15-19(28(25)45-30-29(24)46-33(42)34-30)27-26(18)31(40)36(32(27)41)13-7-2-4-8-23(38)39/h9-10,14,18-19,24-28H,2-8,11-13,15-16H2,1H3,(H,34,42)(H,38,39)/t18?,19?,24-,25?,26?,27?,28?/m1/s1. The molecular weight excluding hydrogens is 631 g/mol. The van der Waals surface area contributed by atoms with Crippen molar-refractivity contribution in [1.82, 2.24) is 14.8 Å². The number of piperidine rings is 1. The topological polar surface area (TPSA) is 146 Å². The van der Waals surface area contributed by atoms with Crippen molar-refractivity contribution >= 4 is 46.8 Å². The average molecular weight is 670 g/mol. The van der Waals surface area contributed by atoms with Crippen molar-refractivity contribution in [3.05, 3.63) is 38.3 Å². The van der Waals surface area contributed by atoms with Gasteiger partial charge < -0.3 is 24.5 Å². The smallest absolute Gasteiger partial charge is 0.305 e. The number of aliphatic carboxylic acids is 1. The zero-order valence-corrected chi connectivity index (χ0v) is 27.4. The molecule has 2 aromatic rings. The van der Waals surface area contributed by atoms with Crippen molar-refractivity contribution in [2.75, 3.05) is 33.4 Å². The molecule has 1 aromatic heterocycles. The fourth-order valence-corrected chi connectivity index (χ4v) is 11.7. The first-order valence-electron chi connectivity index (χ1n) is 16.3. The molecule has 2 saturated carbocycles. The Balaban J connectivity index is 1.13. The first kappa shape index (κ1) is 31.3. The summed E-state index contributed by atoms with van der Waals surface area (Å²) >= 11 is 2.85. The fourth-order valence-electron chi connectivity index (χ4n) is 8.77. The van der Waals surface area contributed by atoms with Crippen LogP contribution in [-0.2, 0) is 19.2 Å². The number of nitrogens with one attached hydrogen (secondary N) is 1. The third-order valence-corrected chi connectivity index (χ3v) is 13.3. The summed E-state index contributed by atoms with van der Waals surface area (Å²) in [5.41, 5.74) is 0.953. The number of thiazole rings is 1. The second-order valence-electron chi connectivity index (χ2n) is 13.1. The number of unbranched alkanes of at least 4 members (excludes halogenated alkanes) is 2. The van der Waals surface area contributed by atoms with E-state index in [4.69, 9.17) is 14.6 Å². The van der Waals surface area contributed by atoms with Crippen LogP contribution in [0.2, 0.25) is 0 Å². The van der Waals surface area contributed by atoms with E-state index >= 15 is 0 Å². The van der Waals surface area contributed by atoms with Crippen LogP contribution in [0.15, 0.2) is 28.0 Å². The molecule has 46 heavy (non-hydrogen) atoms. The molecule has 7 atom stereocenters. The Kier molecular flexibility index (Phi) is 8.64. The number of H-pyrrole nitrogens is 1. The third kappa shape index (κ3) is 5.42. The van der Waals surface area contributed by atoms with Gasteiger partial charge in [-0.3, -0.25) is 28.9 Å². The third-order valence-electron chi connectivity index (χ3n) is 10.7. The number of rotatable bonds is 11. The number of nitrogens with zero attached hydrogens (tertiary/aromatic N) is 2. The summed E-state index contributed by atoms with van der Waals surface area (Å²) in [6.45, 7) is 1.77. The molecule has 5 aliphatic rings. The zero-order chi connectivity index (χ0) is 32.1. The van der Waals surface area contributed by atoms with Crippen LogP contribution >= 0.6 is 23.1 Å². The molecule has 3 aliphatic heterocycles. The number of fused-ring (bicyclic) bond motifs is 9. The maximum atomic E-state index is 13.8. The molecule has 6 unspecified atom stereocenters. The van der Waals surface area contributed by atoms with E-state index in [-0.39, 0.29) is 76.4 Å². The molecule has 2 N–H and O–H groups in total. The van der Waals surface area contributed by atoms with E-state index in [0.29, 0.717) is 37.3 Å². The summed E-state index contributed by atoms with van der Waals surface area (Å²) < 4.78 is 11.7. The fraction of sp³-hybridized carbons (Fsp3) is 0.606. The second kappa shape index (κ2) is 12.7. The van der Waals surface area contributed by atoms with E-state index in [1.807, 2.05) is 23.1 Å². The highest BCUT2D eigenvalue weighted by molar-refractivity contribution is 8.00. The number of imide groups is 1. The minimum absolute atomic E-state index is 0.000369. The maximum absolute atomic E-state index is 13.8. The van der Waals surface area contributed by atoms with Gasteiger partial charge in [-0.25, -0.2) is 0 Å². The van der Waals surface area contributed by atoms with E-state index in [2.05, 4.69) is 4.98 Å². The van der Waals surface area contributed by atoms with E-state index in [1.165, 1.54) is 16.2 Å². The van der Waals surface area contributed by atoms with Gasteiger partial charge in [0.15, 0.2) is 18.1 Å². The number of aromatic nitrogens is 1.